The van der Waals surface area contributed by atoms with Gasteiger partial charge in [0.15, 0.2) is 0 Å². The van der Waals surface area contributed by atoms with Crippen molar-refractivity contribution < 1.29 is 0 Å². The number of rotatable bonds is 2. The molecule has 3 nitrogen and oxygen atoms in total. The first-order valence-corrected chi connectivity index (χ1v) is 8.34. The quantitative estimate of drug-likeness (QED) is 0.756. The Hall–Kier alpha value is -0.830. The van der Waals surface area contributed by atoms with Gasteiger partial charge in [-0.2, -0.15) is 0 Å². The molecule has 0 N–H and O–H groups in total. The highest BCUT2D eigenvalue weighted by Crippen LogP contribution is 2.37. The minimum absolute atomic E-state index is 0.319. The zero-order chi connectivity index (χ0) is 14.1. The summed E-state index contributed by atoms with van der Waals surface area (Å²) in [6.45, 7) is 5.36. The van der Waals surface area contributed by atoms with Crippen LogP contribution in [0.4, 0.5) is 5.82 Å². The molecule has 0 bridgehead atoms. The minimum Gasteiger partial charge on any atom is -0.353 e. The molecule has 1 saturated heterocycles. The molecule has 0 spiro atoms. The molecule has 2 atom stereocenters. The van der Waals surface area contributed by atoms with E-state index in [1.165, 1.54) is 38.5 Å². The van der Waals surface area contributed by atoms with Gasteiger partial charge in [-0.15, -0.1) is 0 Å². The molecule has 110 valence electrons. The smallest absolute Gasteiger partial charge is 0.135 e. The predicted molar refractivity (Wildman–Crippen MR) is 83.5 cm³/mol. The normalized spacial score (nSPS) is 26.7. The van der Waals surface area contributed by atoms with E-state index in [0.717, 1.165) is 24.1 Å². The van der Waals surface area contributed by atoms with E-state index in [4.69, 9.17) is 16.6 Å². The largest absolute Gasteiger partial charge is 0.353 e. The Morgan fingerprint density at radius 2 is 1.90 bits per heavy atom. The maximum absolute atomic E-state index is 6.21. The van der Waals surface area contributed by atoms with Crippen molar-refractivity contribution >= 4 is 17.4 Å². The zero-order valence-electron chi connectivity index (χ0n) is 12.5. The average molecular weight is 294 g/mol. The summed E-state index contributed by atoms with van der Waals surface area (Å²) in [6.07, 6.45) is 8.11. The average Bonchev–Trinajstić information content (AvgIpc) is 2.46. The van der Waals surface area contributed by atoms with Crippen LogP contribution in [0.1, 0.15) is 64.1 Å². The Bertz CT molecular complexity index is 473. The van der Waals surface area contributed by atoms with E-state index < -0.39 is 0 Å². The SMILES string of the molecule is CC(C)c1nc(Cl)cc(N2CCC[C@H]3CCCC[C@H]32)n1. The van der Waals surface area contributed by atoms with Crippen molar-refractivity contribution in [3.05, 3.63) is 17.0 Å². The summed E-state index contributed by atoms with van der Waals surface area (Å²) in [6, 6.07) is 2.62. The van der Waals surface area contributed by atoms with Crippen molar-refractivity contribution in [1.29, 1.82) is 0 Å². The first kappa shape index (κ1) is 14.1. The minimum atomic E-state index is 0.319. The van der Waals surface area contributed by atoms with Crippen LogP contribution in [-0.2, 0) is 0 Å². The lowest BCUT2D eigenvalue weighted by atomic mass is 9.78. The van der Waals surface area contributed by atoms with Crippen LogP contribution in [0.2, 0.25) is 5.15 Å². The Morgan fingerprint density at radius 3 is 2.70 bits per heavy atom. The lowest BCUT2D eigenvalue weighted by molar-refractivity contribution is 0.242. The Balaban J connectivity index is 1.90. The molecule has 1 aliphatic carbocycles. The number of hydrogen-bond acceptors (Lipinski definition) is 3. The van der Waals surface area contributed by atoms with E-state index in [9.17, 15) is 0 Å². The Kier molecular flexibility index (Phi) is 4.16. The Labute approximate surface area is 126 Å². The summed E-state index contributed by atoms with van der Waals surface area (Å²) < 4.78 is 0. The second-order valence-electron chi connectivity index (χ2n) is 6.51. The molecular weight excluding hydrogens is 270 g/mol. The van der Waals surface area contributed by atoms with Gasteiger partial charge in [0.1, 0.15) is 16.8 Å². The summed E-state index contributed by atoms with van der Waals surface area (Å²) in [5, 5.41) is 0.580. The fraction of sp³-hybridized carbons (Fsp3) is 0.750. The molecular formula is C16H24ClN3. The molecule has 1 aromatic heterocycles. The van der Waals surface area contributed by atoms with E-state index >= 15 is 0 Å². The van der Waals surface area contributed by atoms with Gasteiger partial charge in [0, 0.05) is 24.6 Å². The van der Waals surface area contributed by atoms with E-state index in [2.05, 4.69) is 23.7 Å². The first-order chi connectivity index (χ1) is 9.65. The molecule has 1 aromatic rings. The molecule has 0 radical (unpaired) electrons. The van der Waals surface area contributed by atoms with Gasteiger partial charge >= 0.3 is 0 Å². The second kappa shape index (κ2) is 5.88. The third kappa shape index (κ3) is 2.78. The molecule has 2 heterocycles. The maximum Gasteiger partial charge on any atom is 0.135 e. The maximum atomic E-state index is 6.21. The van der Waals surface area contributed by atoms with E-state index in [-0.39, 0.29) is 0 Å². The van der Waals surface area contributed by atoms with Gasteiger partial charge < -0.3 is 4.90 Å². The summed E-state index contributed by atoms with van der Waals surface area (Å²) >= 11 is 6.21. The van der Waals surface area contributed by atoms with Crippen molar-refractivity contribution in [2.24, 2.45) is 5.92 Å². The highest BCUT2D eigenvalue weighted by atomic mass is 35.5. The number of halogens is 1. The lowest BCUT2D eigenvalue weighted by Gasteiger charge is -2.44. The number of nitrogens with zero attached hydrogens (tertiary/aromatic N) is 3. The molecule has 3 rings (SSSR count). The van der Waals surface area contributed by atoms with Gasteiger partial charge in [-0.05, 0) is 31.6 Å². The van der Waals surface area contributed by atoms with Gasteiger partial charge in [0.25, 0.3) is 0 Å². The zero-order valence-corrected chi connectivity index (χ0v) is 13.2. The van der Waals surface area contributed by atoms with Gasteiger partial charge in [-0.1, -0.05) is 38.3 Å². The molecule has 2 aliphatic rings. The molecule has 2 fully saturated rings. The molecule has 1 saturated carbocycles. The molecule has 4 heteroatoms. The third-order valence-electron chi connectivity index (χ3n) is 4.75. The monoisotopic (exact) mass is 293 g/mol. The molecule has 0 amide bonds. The Morgan fingerprint density at radius 1 is 1.15 bits per heavy atom. The summed E-state index contributed by atoms with van der Waals surface area (Å²) in [4.78, 5) is 11.6. The molecule has 0 aromatic carbocycles. The van der Waals surface area contributed by atoms with Crippen molar-refractivity contribution in [3.8, 4) is 0 Å². The van der Waals surface area contributed by atoms with Crippen molar-refractivity contribution in [1.82, 2.24) is 9.97 Å². The number of fused-ring (bicyclic) bond motifs is 1. The number of piperidine rings is 1. The second-order valence-corrected chi connectivity index (χ2v) is 6.90. The first-order valence-electron chi connectivity index (χ1n) is 7.96. The van der Waals surface area contributed by atoms with Crippen LogP contribution in [0.15, 0.2) is 6.07 Å². The highest BCUT2D eigenvalue weighted by molar-refractivity contribution is 6.29. The van der Waals surface area contributed by atoms with Gasteiger partial charge in [0.2, 0.25) is 0 Å². The van der Waals surface area contributed by atoms with Crippen LogP contribution in [0.25, 0.3) is 0 Å². The van der Waals surface area contributed by atoms with Crippen LogP contribution in [-0.4, -0.2) is 22.6 Å². The predicted octanol–water partition coefficient (Wildman–Crippen LogP) is 4.41. The molecule has 1 aliphatic heterocycles. The number of anilines is 1. The van der Waals surface area contributed by atoms with E-state index in [1.54, 1.807) is 0 Å². The van der Waals surface area contributed by atoms with E-state index in [1.807, 2.05) is 6.07 Å². The fourth-order valence-electron chi connectivity index (χ4n) is 3.74. The van der Waals surface area contributed by atoms with Gasteiger partial charge in [-0.3, -0.25) is 0 Å². The van der Waals surface area contributed by atoms with Crippen LogP contribution >= 0.6 is 11.6 Å². The topological polar surface area (TPSA) is 29.0 Å². The molecule has 20 heavy (non-hydrogen) atoms. The van der Waals surface area contributed by atoms with Crippen molar-refractivity contribution in [2.45, 2.75) is 64.3 Å². The van der Waals surface area contributed by atoms with Crippen LogP contribution in [0.5, 0.6) is 0 Å². The van der Waals surface area contributed by atoms with Gasteiger partial charge in [0.05, 0.1) is 0 Å². The highest BCUT2D eigenvalue weighted by Gasteiger charge is 2.34. The van der Waals surface area contributed by atoms with Gasteiger partial charge in [-0.25, -0.2) is 9.97 Å². The summed E-state index contributed by atoms with van der Waals surface area (Å²) in [7, 11) is 0. The van der Waals surface area contributed by atoms with Crippen LogP contribution in [0.3, 0.4) is 0 Å². The van der Waals surface area contributed by atoms with Crippen LogP contribution in [0, 0.1) is 5.92 Å². The van der Waals surface area contributed by atoms with Crippen molar-refractivity contribution in [2.75, 3.05) is 11.4 Å². The number of hydrogen-bond donors (Lipinski definition) is 0. The third-order valence-corrected chi connectivity index (χ3v) is 4.95. The summed E-state index contributed by atoms with van der Waals surface area (Å²) in [5.41, 5.74) is 0. The number of aromatic nitrogens is 2. The van der Waals surface area contributed by atoms with E-state index in [0.29, 0.717) is 17.1 Å². The molecule has 0 unspecified atom stereocenters. The van der Waals surface area contributed by atoms with Crippen LogP contribution < -0.4 is 4.90 Å². The standard InChI is InChI=1S/C16H24ClN3/c1-11(2)16-18-14(17)10-15(19-16)20-9-5-7-12-6-3-4-8-13(12)20/h10-13H,3-9H2,1-2H3/t12-,13-/m1/s1. The van der Waals surface area contributed by atoms with Crippen molar-refractivity contribution in [3.63, 3.8) is 0 Å². The summed E-state index contributed by atoms with van der Waals surface area (Å²) in [5.74, 6) is 3.09. The lowest BCUT2D eigenvalue weighted by Crippen LogP contribution is -2.47. The fourth-order valence-corrected chi connectivity index (χ4v) is 3.92.